The Morgan fingerprint density at radius 3 is 2.73 bits per heavy atom. The molecule has 3 aromatic rings. The molecule has 1 heterocycles. The third-order valence-corrected chi connectivity index (χ3v) is 5.86. The minimum absolute atomic E-state index is 0.0174. The number of esters is 1. The first-order valence-corrected chi connectivity index (χ1v) is 12.0. The van der Waals surface area contributed by atoms with Crippen molar-refractivity contribution in [2.75, 3.05) is 20.3 Å². The number of ether oxygens (including phenoxy) is 3. The summed E-state index contributed by atoms with van der Waals surface area (Å²) in [6.07, 6.45) is 1.57. The molecule has 2 aromatic carbocycles. The van der Waals surface area contributed by atoms with Crippen molar-refractivity contribution < 1.29 is 19.0 Å². The molecule has 3 rings (SSSR count). The van der Waals surface area contributed by atoms with Crippen molar-refractivity contribution in [1.82, 2.24) is 9.66 Å². The van der Waals surface area contributed by atoms with E-state index < -0.39 is 5.97 Å². The Morgan fingerprint density at radius 2 is 2.06 bits per heavy atom. The van der Waals surface area contributed by atoms with Gasteiger partial charge in [-0.1, -0.05) is 29.8 Å². The molecule has 0 saturated heterocycles. The van der Waals surface area contributed by atoms with Crippen LogP contribution in [0.4, 0.5) is 0 Å². The molecule has 0 N–H and O–H groups in total. The molecule has 0 unspecified atom stereocenters. The summed E-state index contributed by atoms with van der Waals surface area (Å²) in [6.45, 7) is 5.71. The van der Waals surface area contributed by atoms with E-state index in [0.717, 1.165) is 8.04 Å². The molecule has 8 nitrogen and oxygen atoms in total. The van der Waals surface area contributed by atoms with Crippen molar-refractivity contribution in [1.29, 1.82) is 0 Å². The predicted molar refractivity (Wildman–Crippen MR) is 139 cm³/mol. The molecule has 0 bridgehead atoms. The Bertz CT molecular complexity index is 1270. The zero-order valence-corrected chi connectivity index (χ0v) is 22.3. The van der Waals surface area contributed by atoms with Crippen LogP contribution in [0.2, 0.25) is 0 Å². The maximum absolute atomic E-state index is 13.2. The van der Waals surface area contributed by atoms with Crippen LogP contribution in [0.15, 0.2) is 44.7 Å². The molecule has 0 aliphatic rings. The highest BCUT2D eigenvalue weighted by Crippen LogP contribution is 2.33. The summed E-state index contributed by atoms with van der Waals surface area (Å²) < 4.78 is 18.8. The number of halogens is 2. The van der Waals surface area contributed by atoms with Gasteiger partial charge in [-0.15, -0.1) is 0 Å². The summed E-state index contributed by atoms with van der Waals surface area (Å²) in [5.41, 5.74) is 1.06. The van der Waals surface area contributed by atoms with Crippen LogP contribution in [-0.4, -0.2) is 42.2 Å². The second-order valence-electron chi connectivity index (χ2n) is 7.28. The molecular weight excluding hydrogens is 605 g/mol. The summed E-state index contributed by atoms with van der Waals surface area (Å²) in [5, 5.41) is 4.92. The van der Waals surface area contributed by atoms with Gasteiger partial charge in [0.2, 0.25) is 0 Å². The van der Waals surface area contributed by atoms with Gasteiger partial charge >= 0.3 is 5.97 Å². The van der Waals surface area contributed by atoms with Gasteiger partial charge in [-0.2, -0.15) is 9.78 Å². The molecule has 33 heavy (non-hydrogen) atoms. The number of hydrogen-bond acceptors (Lipinski definition) is 7. The summed E-state index contributed by atoms with van der Waals surface area (Å²) in [4.78, 5) is 29.5. The van der Waals surface area contributed by atoms with E-state index in [1.807, 2.05) is 32.0 Å². The quantitative estimate of drug-likeness (QED) is 0.204. The van der Waals surface area contributed by atoms with Crippen LogP contribution in [-0.2, 0) is 9.53 Å². The second-order valence-corrected chi connectivity index (χ2v) is 9.35. The number of benzene rings is 2. The molecule has 0 aliphatic carbocycles. The molecule has 0 saturated carbocycles. The molecule has 174 valence electrons. The lowest BCUT2D eigenvalue weighted by molar-refractivity contribution is -0.145. The Morgan fingerprint density at radius 1 is 1.30 bits per heavy atom. The SMILES string of the molecule is CCOC(=O)COc1c(I)cc(C=Nn2c(C(C)C)nc3ccc(Br)cc3c2=O)cc1OC. The molecule has 0 atom stereocenters. The zero-order valence-electron chi connectivity index (χ0n) is 18.6. The highest BCUT2D eigenvalue weighted by molar-refractivity contribution is 14.1. The standard InChI is InChI=1S/C23H23BrIN3O5/c1-5-32-20(29)12-33-21-17(25)8-14(9-19(21)31-4)11-26-28-22(13(2)3)27-18-7-6-15(24)10-16(18)23(28)30/h6-11,13H,5,12H2,1-4H3. The zero-order chi connectivity index (χ0) is 24.1. The van der Waals surface area contributed by atoms with E-state index in [9.17, 15) is 9.59 Å². The van der Waals surface area contributed by atoms with Gasteiger partial charge < -0.3 is 14.2 Å². The van der Waals surface area contributed by atoms with Crippen molar-refractivity contribution in [2.45, 2.75) is 26.7 Å². The van der Waals surface area contributed by atoms with E-state index in [2.05, 4.69) is 48.6 Å². The van der Waals surface area contributed by atoms with E-state index >= 15 is 0 Å². The van der Waals surface area contributed by atoms with E-state index in [1.54, 1.807) is 25.3 Å². The van der Waals surface area contributed by atoms with Crippen LogP contribution < -0.4 is 15.0 Å². The van der Waals surface area contributed by atoms with Gasteiger partial charge in [0.25, 0.3) is 5.56 Å². The Balaban J connectivity index is 2.00. The van der Waals surface area contributed by atoms with Crippen LogP contribution in [0.1, 0.15) is 38.1 Å². The maximum atomic E-state index is 13.2. The fraction of sp³-hybridized carbons (Fsp3) is 0.304. The molecular formula is C23H23BrIN3O5. The molecule has 1 aromatic heterocycles. The van der Waals surface area contributed by atoms with E-state index in [1.165, 1.54) is 11.8 Å². The van der Waals surface area contributed by atoms with Crippen LogP contribution >= 0.6 is 38.5 Å². The number of methoxy groups -OCH3 is 1. The van der Waals surface area contributed by atoms with Crippen LogP contribution in [0.25, 0.3) is 10.9 Å². The van der Waals surface area contributed by atoms with Gasteiger partial charge in [0, 0.05) is 10.4 Å². The number of aromatic nitrogens is 2. The molecule has 0 radical (unpaired) electrons. The van der Waals surface area contributed by atoms with Gasteiger partial charge in [-0.25, -0.2) is 9.78 Å². The molecule has 10 heteroatoms. The smallest absolute Gasteiger partial charge is 0.344 e. The lowest BCUT2D eigenvalue weighted by Crippen LogP contribution is -2.23. The van der Waals surface area contributed by atoms with E-state index in [0.29, 0.717) is 33.8 Å². The largest absolute Gasteiger partial charge is 0.493 e. The number of fused-ring (bicyclic) bond motifs is 1. The van der Waals surface area contributed by atoms with Crippen molar-refractivity contribution in [3.05, 3.63) is 60.1 Å². The fourth-order valence-electron chi connectivity index (χ4n) is 3.06. The van der Waals surface area contributed by atoms with Gasteiger partial charge in [0.15, 0.2) is 18.1 Å². The third-order valence-electron chi connectivity index (χ3n) is 4.56. The first-order valence-electron chi connectivity index (χ1n) is 10.2. The third kappa shape index (κ3) is 5.91. The highest BCUT2D eigenvalue weighted by Gasteiger charge is 2.16. The first kappa shape index (κ1) is 25.2. The lowest BCUT2D eigenvalue weighted by Gasteiger charge is -2.14. The minimum Gasteiger partial charge on any atom is -0.493 e. The summed E-state index contributed by atoms with van der Waals surface area (Å²) in [7, 11) is 1.51. The number of carbonyl (C=O) groups is 1. The number of hydrogen-bond donors (Lipinski definition) is 0. The Labute approximate surface area is 213 Å². The van der Waals surface area contributed by atoms with Crippen molar-refractivity contribution in [2.24, 2.45) is 5.10 Å². The maximum Gasteiger partial charge on any atom is 0.344 e. The normalized spacial score (nSPS) is 11.4. The number of rotatable bonds is 8. The summed E-state index contributed by atoms with van der Waals surface area (Å²) >= 11 is 5.50. The van der Waals surface area contributed by atoms with E-state index in [4.69, 9.17) is 14.2 Å². The van der Waals surface area contributed by atoms with Crippen LogP contribution in [0.5, 0.6) is 11.5 Å². The average Bonchev–Trinajstić information content (AvgIpc) is 2.77. The summed E-state index contributed by atoms with van der Waals surface area (Å²) in [5.74, 6) is 0.945. The van der Waals surface area contributed by atoms with Gasteiger partial charge in [-0.05, 0) is 65.4 Å². The Hall–Kier alpha value is -2.47. The molecule has 0 spiro atoms. The van der Waals surface area contributed by atoms with Crippen molar-refractivity contribution >= 4 is 61.6 Å². The topological polar surface area (TPSA) is 92.0 Å². The second kappa shape index (κ2) is 11.1. The van der Waals surface area contributed by atoms with Crippen molar-refractivity contribution in [3.8, 4) is 11.5 Å². The van der Waals surface area contributed by atoms with Gasteiger partial charge in [0.1, 0.15) is 5.82 Å². The minimum atomic E-state index is -0.461. The summed E-state index contributed by atoms with van der Waals surface area (Å²) in [6, 6.07) is 8.94. The lowest BCUT2D eigenvalue weighted by atomic mass is 10.2. The Kier molecular flexibility index (Phi) is 8.46. The van der Waals surface area contributed by atoms with E-state index in [-0.39, 0.29) is 24.7 Å². The van der Waals surface area contributed by atoms with Gasteiger partial charge in [-0.3, -0.25) is 4.79 Å². The predicted octanol–water partition coefficient (Wildman–Crippen LogP) is 4.72. The molecule has 0 fully saturated rings. The van der Waals surface area contributed by atoms with Gasteiger partial charge in [0.05, 0.1) is 34.4 Å². The number of carbonyl (C=O) groups excluding carboxylic acids is 1. The fourth-order valence-corrected chi connectivity index (χ4v) is 4.21. The average molecular weight is 628 g/mol. The van der Waals surface area contributed by atoms with Crippen molar-refractivity contribution in [3.63, 3.8) is 0 Å². The monoisotopic (exact) mass is 627 g/mol. The molecule has 0 aliphatic heterocycles. The number of nitrogens with zero attached hydrogens (tertiary/aromatic N) is 3. The highest BCUT2D eigenvalue weighted by atomic mass is 127. The first-order chi connectivity index (χ1) is 15.7. The van der Waals surface area contributed by atoms with Crippen LogP contribution in [0, 0.1) is 3.57 Å². The molecule has 0 amide bonds. The van der Waals surface area contributed by atoms with Crippen LogP contribution in [0.3, 0.4) is 0 Å².